The molecule has 3 unspecified atom stereocenters. The van der Waals surface area contributed by atoms with Gasteiger partial charge in [-0.2, -0.15) is 0 Å². The Balaban J connectivity index is 2.31. The highest BCUT2D eigenvalue weighted by Gasteiger charge is 2.31. The van der Waals surface area contributed by atoms with Crippen LogP contribution in [0.25, 0.3) is 0 Å². The Hall–Kier alpha value is -0.610. The van der Waals surface area contributed by atoms with E-state index in [1.807, 2.05) is 0 Å². The molecule has 0 heterocycles. The lowest BCUT2D eigenvalue weighted by Gasteiger charge is -2.31. The Bertz CT molecular complexity index is 253. The van der Waals surface area contributed by atoms with Gasteiger partial charge in [-0.25, -0.2) is 0 Å². The molecule has 1 aliphatic carbocycles. The fourth-order valence-electron chi connectivity index (χ4n) is 2.71. The zero-order valence-electron chi connectivity index (χ0n) is 12.1. The molecule has 1 rings (SSSR count). The molecule has 0 aromatic rings. The molecule has 1 fully saturated rings. The summed E-state index contributed by atoms with van der Waals surface area (Å²) in [5.41, 5.74) is 6.05. The monoisotopic (exact) mass is 255 g/mol. The molecule has 0 radical (unpaired) electrons. The minimum absolute atomic E-state index is 0.0189. The van der Waals surface area contributed by atoms with Crippen LogP contribution >= 0.6 is 0 Å². The summed E-state index contributed by atoms with van der Waals surface area (Å²) in [5.74, 6) is 0.801. The molecular weight excluding hydrogens is 226 g/mol. The van der Waals surface area contributed by atoms with Gasteiger partial charge in [0.1, 0.15) is 0 Å². The molecule has 1 amide bonds. The second-order valence-electron chi connectivity index (χ2n) is 5.51. The Morgan fingerprint density at radius 3 is 2.61 bits per heavy atom. The molecule has 4 heteroatoms. The summed E-state index contributed by atoms with van der Waals surface area (Å²) in [4.78, 5) is 14.4. The Morgan fingerprint density at radius 1 is 1.33 bits per heavy atom. The summed E-state index contributed by atoms with van der Waals surface area (Å²) in [5, 5.41) is 3.04. The second kappa shape index (κ2) is 7.74. The van der Waals surface area contributed by atoms with Crippen molar-refractivity contribution in [1.29, 1.82) is 0 Å². The van der Waals surface area contributed by atoms with Gasteiger partial charge in [-0.15, -0.1) is 0 Å². The largest absolute Gasteiger partial charge is 0.355 e. The summed E-state index contributed by atoms with van der Waals surface area (Å²) in [6.45, 7) is 10.2. The van der Waals surface area contributed by atoms with Gasteiger partial charge < -0.3 is 16.0 Å². The normalized spacial score (nSPS) is 28.4. The van der Waals surface area contributed by atoms with E-state index in [9.17, 15) is 4.79 Å². The van der Waals surface area contributed by atoms with E-state index in [0.29, 0.717) is 5.92 Å². The predicted octanol–water partition coefficient (Wildman–Crippen LogP) is 1.21. The highest BCUT2D eigenvalue weighted by atomic mass is 16.1. The third kappa shape index (κ3) is 4.58. The number of nitrogens with two attached hydrogens (primary N) is 1. The Morgan fingerprint density at radius 2 is 2.00 bits per heavy atom. The van der Waals surface area contributed by atoms with Crippen LogP contribution in [0.4, 0.5) is 0 Å². The van der Waals surface area contributed by atoms with Gasteiger partial charge in [0.05, 0.1) is 5.92 Å². The van der Waals surface area contributed by atoms with Crippen LogP contribution in [-0.2, 0) is 4.79 Å². The third-order valence-corrected chi connectivity index (χ3v) is 4.12. The molecule has 3 atom stereocenters. The zero-order valence-corrected chi connectivity index (χ0v) is 12.1. The van der Waals surface area contributed by atoms with Gasteiger partial charge in [-0.1, -0.05) is 20.8 Å². The molecule has 4 nitrogen and oxygen atoms in total. The van der Waals surface area contributed by atoms with E-state index in [0.717, 1.165) is 45.4 Å². The molecule has 0 aromatic heterocycles. The van der Waals surface area contributed by atoms with Gasteiger partial charge in [0.25, 0.3) is 0 Å². The molecule has 1 saturated carbocycles. The first-order valence-electron chi connectivity index (χ1n) is 7.34. The average Bonchev–Trinajstić information content (AvgIpc) is 2.37. The lowest BCUT2D eigenvalue weighted by Crippen LogP contribution is -2.46. The number of hydrogen-bond acceptors (Lipinski definition) is 3. The number of nitrogens with zero attached hydrogens (tertiary/aromatic N) is 1. The molecule has 0 aliphatic heterocycles. The molecule has 3 N–H and O–H groups in total. The molecule has 18 heavy (non-hydrogen) atoms. The fraction of sp³-hybridized carbons (Fsp3) is 0.929. The summed E-state index contributed by atoms with van der Waals surface area (Å²) >= 11 is 0. The van der Waals surface area contributed by atoms with E-state index in [-0.39, 0.29) is 17.9 Å². The van der Waals surface area contributed by atoms with Gasteiger partial charge in [0.2, 0.25) is 5.91 Å². The number of amides is 1. The predicted molar refractivity (Wildman–Crippen MR) is 75.3 cm³/mol. The number of rotatable bonds is 6. The maximum atomic E-state index is 12.1. The number of hydrogen-bond donors (Lipinski definition) is 2. The SMILES string of the molecule is CCN(CC)CCNC(=O)C1CC(C)CCC1N. The van der Waals surface area contributed by atoms with Gasteiger partial charge in [0.15, 0.2) is 0 Å². The lowest BCUT2D eigenvalue weighted by molar-refractivity contribution is -0.127. The highest BCUT2D eigenvalue weighted by molar-refractivity contribution is 5.79. The topological polar surface area (TPSA) is 58.4 Å². The highest BCUT2D eigenvalue weighted by Crippen LogP contribution is 2.27. The number of likely N-dealkylation sites (N-methyl/N-ethyl adjacent to an activating group) is 1. The van der Waals surface area contributed by atoms with Crippen molar-refractivity contribution >= 4 is 5.91 Å². The van der Waals surface area contributed by atoms with Crippen molar-refractivity contribution in [1.82, 2.24) is 10.2 Å². The fourth-order valence-corrected chi connectivity index (χ4v) is 2.71. The number of carbonyl (C=O) groups excluding carboxylic acids is 1. The van der Waals surface area contributed by atoms with Gasteiger partial charge in [-0.05, 0) is 38.3 Å². The standard InChI is InChI=1S/C14H29N3O/c1-4-17(5-2)9-8-16-14(18)12-10-11(3)6-7-13(12)15/h11-13H,4-10,15H2,1-3H3,(H,16,18). The second-order valence-corrected chi connectivity index (χ2v) is 5.51. The van der Waals surface area contributed by atoms with Gasteiger partial charge in [-0.3, -0.25) is 4.79 Å². The van der Waals surface area contributed by atoms with Crippen molar-refractivity contribution in [2.45, 2.75) is 46.1 Å². The van der Waals surface area contributed by atoms with Crippen molar-refractivity contribution in [2.24, 2.45) is 17.6 Å². The van der Waals surface area contributed by atoms with Crippen molar-refractivity contribution < 1.29 is 4.79 Å². The van der Waals surface area contributed by atoms with Gasteiger partial charge in [0, 0.05) is 19.1 Å². The van der Waals surface area contributed by atoms with Crippen molar-refractivity contribution in [3.8, 4) is 0 Å². The lowest BCUT2D eigenvalue weighted by atomic mass is 9.79. The van der Waals surface area contributed by atoms with Gasteiger partial charge >= 0.3 is 0 Å². The summed E-state index contributed by atoms with van der Waals surface area (Å²) in [6.07, 6.45) is 3.08. The van der Waals surface area contributed by atoms with E-state index in [1.54, 1.807) is 0 Å². The van der Waals surface area contributed by atoms with Crippen LogP contribution in [0.1, 0.15) is 40.0 Å². The summed E-state index contributed by atoms with van der Waals surface area (Å²) < 4.78 is 0. The number of carbonyl (C=O) groups is 1. The van der Waals surface area contributed by atoms with Crippen molar-refractivity contribution in [3.05, 3.63) is 0 Å². The van der Waals surface area contributed by atoms with Crippen LogP contribution in [0.15, 0.2) is 0 Å². The van der Waals surface area contributed by atoms with Crippen LogP contribution in [0.2, 0.25) is 0 Å². The first-order chi connectivity index (χ1) is 8.58. The van der Waals surface area contributed by atoms with Crippen LogP contribution in [0.3, 0.4) is 0 Å². The first-order valence-corrected chi connectivity index (χ1v) is 7.34. The van der Waals surface area contributed by atoms with E-state index < -0.39 is 0 Å². The quantitative estimate of drug-likeness (QED) is 0.750. The molecule has 0 bridgehead atoms. The Labute approximate surface area is 111 Å². The maximum Gasteiger partial charge on any atom is 0.224 e. The molecule has 1 aliphatic rings. The zero-order chi connectivity index (χ0) is 13.5. The third-order valence-electron chi connectivity index (χ3n) is 4.12. The van der Waals surface area contributed by atoms with Crippen molar-refractivity contribution in [3.63, 3.8) is 0 Å². The first kappa shape index (κ1) is 15.4. The van der Waals surface area contributed by atoms with E-state index in [2.05, 4.69) is 31.0 Å². The molecule has 106 valence electrons. The Kier molecular flexibility index (Phi) is 6.65. The maximum absolute atomic E-state index is 12.1. The minimum Gasteiger partial charge on any atom is -0.355 e. The molecule has 0 saturated heterocycles. The summed E-state index contributed by atoms with van der Waals surface area (Å²) in [6, 6.07) is 0.0506. The van der Waals surface area contributed by atoms with Crippen LogP contribution in [-0.4, -0.2) is 43.0 Å². The smallest absolute Gasteiger partial charge is 0.224 e. The number of nitrogens with one attached hydrogen (secondary N) is 1. The van der Waals surface area contributed by atoms with Crippen LogP contribution in [0.5, 0.6) is 0 Å². The minimum atomic E-state index is 0.0189. The van der Waals surface area contributed by atoms with E-state index >= 15 is 0 Å². The molecular formula is C14H29N3O. The van der Waals surface area contributed by atoms with Crippen LogP contribution < -0.4 is 11.1 Å². The van der Waals surface area contributed by atoms with E-state index in [4.69, 9.17) is 5.73 Å². The average molecular weight is 255 g/mol. The summed E-state index contributed by atoms with van der Waals surface area (Å²) in [7, 11) is 0. The van der Waals surface area contributed by atoms with E-state index in [1.165, 1.54) is 0 Å². The van der Waals surface area contributed by atoms with Crippen molar-refractivity contribution in [2.75, 3.05) is 26.2 Å². The molecule has 0 aromatic carbocycles. The van der Waals surface area contributed by atoms with Crippen LogP contribution in [0, 0.1) is 11.8 Å². The molecule has 0 spiro atoms.